The molecule has 1 atom stereocenters. The Kier molecular flexibility index (Phi) is 7.49. The lowest BCUT2D eigenvalue weighted by Gasteiger charge is -2.30. The number of halogens is 1. The van der Waals surface area contributed by atoms with Crippen molar-refractivity contribution in [2.24, 2.45) is 0 Å². The molecule has 0 spiro atoms. The van der Waals surface area contributed by atoms with Crippen molar-refractivity contribution in [3.8, 4) is 11.1 Å². The highest BCUT2D eigenvalue weighted by Gasteiger charge is 2.32. The van der Waals surface area contributed by atoms with Crippen molar-refractivity contribution in [2.75, 3.05) is 6.61 Å². The van der Waals surface area contributed by atoms with Gasteiger partial charge in [-0.2, -0.15) is 0 Å². The maximum atomic E-state index is 14.3. The van der Waals surface area contributed by atoms with Crippen LogP contribution in [0.5, 0.6) is 0 Å². The molecule has 3 aromatic heterocycles. The highest BCUT2D eigenvalue weighted by molar-refractivity contribution is 7.99. The first-order valence-electron chi connectivity index (χ1n) is 14.3. The van der Waals surface area contributed by atoms with Crippen molar-refractivity contribution >= 4 is 38.2 Å². The third-order valence-corrected chi connectivity index (χ3v) is 10.3. The molecule has 6 rings (SSSR count). The predicted octanol–water partition coefficient (Wildman–Crippen LogP) is 7.72. The van der Waals surface area contributed by atoms with Crippen molar-refractivity contribution in [2.45, 2.75) is 56.3 Å². The number of nitrogens with zero attached hydrogens (tertiary/aromatic N) is 3. The summed E-state index contributed by atoms with van der Waals surface area (Å²) in [5, 5.41) is 1.20. The van der Waals surface area contributed by atoms with Gasteiger partial charge in [0.25, 0.3) is 0 Å². The number of aromatic nitrogens is 3. The molecule has 42 heavy (non-hydrogen) atoms. The molecule has 5 nitrogen and oxygen atoms in total. The fraction of sp³-hybridized carbons (Fsp3) is 0.294. The van der Waals surface area contributed by atoms with Crippen LogP contribution in [0, 0.1) is 5.82 Å². The normalized spacial score (nSPS) is 15.6. The summed E-state index contributed by atoms with van der Waals surface area (Å²) in [6.07, 6.45) is 7.71. The molecular weight excluding hydrogens is 562 g/mol. The zero-order valence-electron chi connectivity index (χ0n) is 24.7. The number of hydrogen-bond acceptors (Lipinski definition) is 4. The Morgan fingerprint density at radius 1 is 1.05 bits per heavy atom. The van der Waals surface area contributed by atoms with Crippen LogP contribution in [0.1, 0.15) is 67.2 Å². The molecule has 1 aliphatic rings. The minimum absolute atomic E-state index is 0.0234. The summed E-state index contributed by atoms with van der Waals surface area (Å²) >= 11 is 1.81. The van der Waals surface area contributed by atoms with Crippen LogP contribution < -0.4 is 0 Å². The Bertz CT molecular complexity index is 1750. The van der Waals surface area contributed by atoms with E-state index >= 15 is 0 Å². The second-order valence-electron chi connectivity index (χ2n) is 12.9. The van der Waals surface area contributed by atoms with E-state index in [9.17, 15) is 9.18 Å². The van der Waals surface area contributed by atoms with E-state index in [4.69, 9.17) is 4.43 Å². The minimum Gasteiger partial charge on any atom is -0.421 e. The van der Waals surface area contributed by atoms with Crippen molar-refractivity contribution in [1.82, 2.24) is 14.1 Å². The van der Waals surface area contributed by atoms with Gasteiger partial charge in [-0.15, -0.1) is 11.8 Å². The van der Waals surface area contributed by atoms with E-state index in [1.165, 1.54) is 12.1 Å². The summed E-state index contributed by atoms with van der Waals surface area (Å²) in [5.41, 5.74) is 6.07. The first-order chi connectivity index (χ1) is 20.0. The summed E-state index contributed by atoms with van der Waals surface area (Å²) in [6, 6.07) is 18.7. The minimum atomic E-state index is -0.742. The summed E-state index contributed by atoms with van der Waals surface area (Å²) in [4.78, 5) is 18.6. The van der Waals surface area contributed by atoms with E-state index in [0.29, 0.717) is 12.2 Å². The quantitative estimate of drug-likeness (QED) is 0.136. The van der Waals surface area contributed by atoms with E-state index in [1.807, 2.05) is 54.6 Å². The molecule has 0 amide bonds. The van der Waals surface area contributed by atoms with Gasteiger partial charge in [0.15, 0.2) is 15.5 Å². The van der Waals surface area contributed by atoms with Crippen LogP contribution in [0.2, 0.25) is 5.04 Å². The Balaban J connectivity index is 1.42. The number of hydrogen-bond donors (Lipinski definition) is 0. The smallest absolute Gasteiger partial charge is 0.197 e. The average Bonchev–Trinajstić information content (AvgIpc) is 3.66. The fourth-order valence-electron chi connectivity index (χ4n) is 5.63. The second-order valence-corrected chi connectivity index (χ2v) is 16.8. The van der Waals surface area contributed by atoms with Gasteiger partial charge in [-0.25, -0.2) is 4.39 Å². The molecule has 5 aromatic rings. The van der Waals surface area contributed by atoms with Crippen LogP contribution >= 0.6 is 11.8 Å². The maximum absolute atomic E-state index is 14.3. The largest absolute Gasteiger partial charge is 0.421 e. The van der Waals surface area contributed by atoms with E-state index < -0.39 is 9.76 Å². The van der Waals surface area contributed by atoms with Crippen molar-refractivity contribution in [1.29, 1.82) is 0 Å². The van der Waals surface area contributed by atoms with Gasteiger partial charge in [0.1, 0.15) is 11.2 Å². The molecular formula is C34H36FN3O2SSi. The average molecular weight is 598 g/mol. The lowest BCUT2D eigenvalue weighted by molar-refractivity contribution is 0.103. The van der Waals surface area contributed by atoms with Crippen molar-refractivity contribution in [3.05, 3.63) is 114 Å². The molecule has 0 saturated heterocycles. The number of thioether (sulfide) groups is 1. The third-order valence-electron chi connectivity index (χ3n) is 7.74. The molecule has 216 valence electrons. The number of carbonyl (C=O) groups excluding carboxylic acids is 1. The number of pyridine rings is 1. The van der Waals surface area contributed by atoms with Crippen LogP contribution in [0.4, 0.5) is 4.39 Å². The van der Waals surface area contributed by atoms with Gasteiger partial charge in [-0.3, -0.25) is 9.78 Å². The van der Waals surface area contributed by atoms with Gasteiger partial charge >= 0.3 is 0 Å². The summed E-state index contributed by atoms with van der Waals surface area (Å²) in [7, 11) is -0.742. The van der Waals surface area contributed by atoms with Crippen molar-refractivity contribution < 1.29 is 13.6 Å². The van der Waals surface area contributed by atoms with Gasteiger partial charge < -0.3 is 13.6 Å². The molecule has 0 saturated carbocycles. The molecule has 1 unspecified atom stereocenters. The molecule has 8 heteroatoms. The number of ketones is 1. The Labute approximate surface area is 253 Å². The number of carbonyl (C=O) groups is 1. The van der Waals surface area contributed by atoms with Crippen LogP contribution in [0.25, 0.3) is 22.0 Å². The Morgan fingerprint density at radius 3 is 2.52 bits per heavy atom. The zero-order chi connectivity index (χ0) is 29.6. The van der Waals surface area contributed by atoms with E-state index in [1.54, 1.807) is 18.3 Å². The molecule has 0 bridgehead atoms. The van der Waals surface area contributed by atoms with Gasteiger partial charge in [0.05, 0.1) is 12.1 Å². The Morgan fingerprint density at radius 2 is 1.81 bits per heavy atom. The standard InChI is InChI=1S/C34H36FN3O2SSi/c1-33(2,3)42-40-21-34(4,5)38-19-28(26-13-10-23(17-29(26)38)22-8-11-25(35)12-9-22)31(39)27-14-16-37-30(27)20-41-32(37)24-7-6-15-36-18-24/h6-19,32H,20-21,42H2,1-5H3. The molecule has 2 aromatic carbocycles. The topological polar surface area (TPSA) is 49.0 Å². The SMILES string of the molecule is CC(C)(C)[SiH2]OCC(C)(C)n1cc(C(=O)c2ccn3c2CSC3c2cccnc2)c2ccc(-c3ccc(F)cc3)cc21. The van der Waals surface area contributed by atoms with Crippen LogP contribution in [-0.2, 0) is 15.7 Å². The van der Waals surface area contributed by atoms with Gasteiger partial charge in [0, 0.05) is 63.8 Å². The molecule has 0 fully saturated rings. The highest BCUT2D eigenvalue weighted by atomic mass is 32.2. The maximum Gasteiger partial charge on any atom is 0.197 e. The molecule has 0 N–H and O–H groups in total. The number of rotatable bonds is 8. The van der Waals surface area contributed by atoms with Crippen LogP contribution in [0.15, 0.2) is 85.5 Å². The summed E-state index contributed by atoms with van der Waals surface area (Å²) in [6.45, 7) is 11.5. The third kappa shape index (κ3) is 5.51. The predicted molar refractivity (Wildman–Crippen MR) is 172 cm³/mol. The van der Waals surface area contributed by atoms with E-state index in [-0.39, 0.29) is 27.6 Å². The Hall–Kier alpha value is -3.46. The second kappa shape index (κ2) is 11.0. The van der Waals surface area contributed by atoms with Crippen molar-refractivity contribution in [3.63, 3.8) is 0 Å². The monoisotopic (exact) mass is 597 g/mol. The first kappa shape index (κ1) is 28.6. The zero-order valence-corrected chi connectivity index (χ0v) is 27.0. The van der Waals surface area contributed by atoms with Gasteiger partial charge in [-0.1, -0.05) is 51.1 Å². The highest BCUT2D eigenvalue weighted by Crippen LogP contribution is 2.43. The van der Waals surface area contributed by atoms with Crippen LogP contribution in [-0.4, -0.2) is 36.3 Å². The number of fused-ring (bicyclic) bond motifs is 2. The van der Waals surface area contributed by atoms with Crippen LogP contribution in [0.3, 0.4) is 0 Å². The number of benzene rings is 2. The fourth-order valence-corrected chi connectivity index (χ4v) is 8.15. The van der Waals surface area contributed by atoms with E-state index in [0.717, 1.165) is 44.6 Å². The first-order valence-corrected chi connectivity index (χ1v) is 16.6. The van der Waals surface area contributed by atoms with Gasteiger partial charge in [-0.05, 0) is 60.3 Å². The molecule has 0 aliphatic carbocycles. The van der Waals surface area contributed by atoms with E-state index in [2.05, 4.69) is 60.9 Å². The summed E-state index contributed by atoms with van der Waals surface area (Å²) in [5.74, 6) is 0.522. The lowest BCUT2D eigenvalue weighted by atomic mass is 10.00. The molecule has 0 radical (unpaired) electrons. The summed E-state index contributed by atoms with van der Waals surface area (Å²) < 4.78 is 24.4. The lowest BCUT2D eigenvalue weighted by Crippen LogP contribution is -2.33. The van der Waals surface area contributed by atoms with Gasteiger partial charge in [0.2, 0.25) is 0 Å². The molecule has 1 aliphatic heterocycles. The molecule has 4 heterocycles.